The summed E-state index contributed by atoms with van der Waals surface area (Å²) in [6.07, 6.45) is 1.93. The highest BCUT2D eigenvalue weighted by Crippen LogP contribution is 2.24. The van der Waals surface area contributed by atoms with Gasteiger partial charge in [0.05, 0.1) is 23.3 Å². The third-order valence-corrected chi connectivity index (χ3v) is 5.08. The van der Waals surface area contributed by atoms with Crippen molar-refractivity contribution in [3.05, 3.63) is 54.1 Å². The predicted molar refractivity (Wildman–Crippen MR) is 90.7 cm³/mol. The minimum Gasteiger partial charge on any atom is -0.497 e. The van der Waals surface area contributed by atoms with Crippen LogP contribution in [0.4, 0.5) is 5.69 Å². The summed E-state index contributed by atoms with van der Waals surface area (Å²) in [7, 11) is -2.28. The van der Waals surface area contributed by atoms with Gasteiger partial charge in [-0.1, -0.05) is 12.1 Å². The quantitative estimate of drug-likeness (QED) is 0.841. The smallest absolute Gasteiger partial charge is 0.261 e. The second-order valence-electron chi connectivity index (χ2n) is 5.57. The van der Waals surface area contributed by atoms with E-state index < -0.39 is 10.0 Å². The maximum absolute atomic E-state index is 12.5. The fraction of sp³-hybridized carbons (Fsp3) is 0.235. The number of ether oxygens (including phenoxy) is 1. The average molecular weight is 346 g/mol. The van der Waals surface area contributed by atoms with E-state index in [2.05, 4.69) is 10.0 Å². The second-order valence-corrected chi connectivity index (χ2v) is 7.26. The molecule has 0 bridgehead atoms. The Kier molecular flexibility index (Phi) is 4.44. The zero-order valence-electron chi connectivity index (χ0n) is 13.2. The van der Waals surface area contributed by atoms with Crippen LogP contribution in [0, 0.1) is 0 Å². The lowest BCUT2D eigenvalue weighted by atomic mass is 10.1. The van der Waals surface area contributed by atoms with Crippen molar-refractivity contribution in [2.24, 2.45) is 0 Å². The lowest BCUT2D eigenvalue weighted by molar-refractivity contribution is 0.0952. The standard InChI is InChI=1S/C17H18N2O4S/c1-23-13-8-10-14(11-9-13)24(21,22)19-16-5-3-2-4-15(16)17(20)18-12-6-7-12/h2-5,8-12,19H,6-7H2,1H3,(H,18,20). The molecule has 1 fully saturated rings. The van der Waals surface area contributed by atoms with Crippen LogP contribution in [0.1, 0.15) is 23.2 Å². The number of hydrogen-bond acceptors (Lipinski definition) is 4. The Bertz CT molecular complexity index is 843. The molecule has 0 spiro atoms. The predicted octanol–water partition coefficient (Wildman–Crippen LogP) is 2.39. The summed E-state index contributed by atoms with van der Waals surface area (Å²) in [5.41, 5.74) is 0.563. The lowest BCUT2D eigenvalue weighted by Gasteiger charge is -2.13. The Morgan fingerprint density at radius 1 is 1.08 bits per heavy atom. The zero-order chi connectivity index (χ0) is 17.2. The van der Waals surface area contributed by atoms with E-state index in [1.165, 1.54) is 19.2 Å². The minimum atomic E-state index is -3.79. The highest BCUT2D eigenvalue weighted by atomic mass is 32.2. The number of benzene rings is 2. The average Bonchev–Trinajstić information content (AvgIpc) is 3.39. The van der Waals surface area contributed by atoms with Gasteiger partial charge in [-0.2, -0.15) is 0 Å². The van der Waals surface area contributed by atoms with Gasteiger partial charge in [-0.05, 0) is 49.2 Å². The van der Waals surface area contributed by atoms with E-state index in [1.807, 2.05) is 0 Å². The molecule has 1 aliphatic rings. The molecular formula is C17H18N2O4S. The molecule has 7 heteroatoms. The summed E-state index contributed by atoms with van der Waals surface area (Å²) in [6, 6.07) is 12.8. The molecule has 2 aromatic carbocycles. The van der Waals surface area contributed by atoms with Crippen LogP contribution in [0.25, 0.3) is 0 Å². The van der Waals surface area contributed by atoms with Crippen LogP contribution in [0.2, 0.25) is 0 Å². The number of amides is 1. The van der Waals surface area contributed by atoms with Crippen LogP contribution < -0.4 is 14.8 Å². The SMILES string of the molecule is COc1ccc(S(=O)(=O)Nc2ccccc2C(=O)NC2CC2)cc1. The van der Waals surface area contributed by atoms with Crippen LogP contribution >= 0.6 is 0 Å². The van der Waals surface area contributed by atoms with Crippen LogP contribution in [0.15, 0.2) is 53.4 Å². The number of anilines is 1. The first-order valence-corrected chi connectivity index (χ1v) is 9.05. The molecule has 126 valence electrons. The molecule has 0 radical (unpaired) electrons. The van der Waals surface area contributed by atoms with E-state index >= 15 is 0 Å². The molecular weight excluding hydrogens is 328 g/mol. The summed E-state index contributed by atoms with van der Waals surface area (Å²) in [4.78, 5) is 12.4. The molecule has 0 heterocycles. The van der Waals surface area contributed by atoms with Crippen molar-refractivity contribution in [3.8, 4) is 5.75 Å². The van der Waals surface area contributed by atoms with Crippen molar-refractivity contribution in [2.75, 3.05) is 11.8 Å². The topological polar surface area (TPSA) is 84.5 Å². The van der Waals surface area contributed by atoms with E-state index in [-0.39, 0.29) is 22.5 Å². The first-order valence-electron chi connectivity index (χ1n) is 7.56. The summed E-state index contributed by atoms with van der Waals surface area (Å²) >= 11 is 0. The number of methoxy groups -OCH3 is 1. The molecule has 2 aromatic rings. The number of sulfonamides is 1. The van der Waals surface area contributed by atoms with Gasteiger partial charge < -0.3 is 10.1 Å². The van der Waals surface area contributed by atoms with E-state index in [1.54, 1.807) is 36.4 Å². The van der Waals surface area contributed by atoms with Gasteiger partial charge in [-0.3, -0.25) is 9.52 Å². The third-order valence-electron chi connectivity index (χ3n) is 3.70. The molecule has 2 N–H and O–H groups in total. The van der Waals surface area contributed by atoms with Crippen LogP contribution in [0.3, 0.4) is 0 Å². The van der Waals surface area contributed by atoms with Gasteiger partial charge in [-0.15, -0.1) is 0 Å². The highest BCUT2D eigenvalue weighted by Gasteiger charge is 2.25. The van der Waals surface area contributed by atoms with Crippen molar-refractivity contribution in [3.63, 3.8) is 0 Å². The molecule has 3 rings (SSSR count). The number of rotatable bonds is 6. The Morgan fingerprint density at radius 3 is 2.38 bits per heavy atom. The largest absolute Gasteiger partial charge is 0.497 e. The summed E-state index contributed by atoms with van der Waals surface area (Å²) in [6.45, 7) is 0. The summed E-state index contributed by atoms with van der Waals surface area (Å²) < 4.78 is 32.6. The van der Waals surface area contributed by atoms with Crippen LogP contribution in [0.5, 0.6) is 5.75 Å². The molecule has 1 aliphatic carbocycles. The summed E-state index contributed by atoms with van der Waals surface area (Å²) in [5, 5.41) is 2.86. The van der Waals surface area contributed by atoms with Gasteiger partial charge in [0.25, 0.3) is 15.9 Å². The Labute approximate surface area is 140 Å². The maximum atomic E-state index is 12.5. The molecule has 0 unspecified atom stereocenters. The fourth-order valence-corrected chi connectivity index (χ4v) is 3.30. The molecule has 0 aromatic heterocycles. The zero-order valence-corrected chi connectivity index (χ0v) is 14.0. The Hall–Kier alpha value is -2.54. The van der Waals surface area contributed by atoms with E-state index in [0.717, 1.165) is 12.8 Å². The van der Waals surface area contributed by atoms with Crippen LogP contribution in [-0.2, 0) is 10.0 Å². The Balaban J connectivity index is 1.85. The third kappa shape index (κ3) is 3.68. The van der Waals surface area contributed by atoms with Crippen molar-refractivity contribution in [1.29, 1.82) is 0 Å². The molecule has 24 heavy (non-hydrogen) atoms. The maximum Gasteiger partial charge on any atom is 0.261 e. The van der Waals surface area contributed by atoms with Gasteiger partial charge in [0, 0.05) is 6.04 Å². The molecule has 6 nitrogen and oxygen atoms in total. The second kappa shape index (κ2) is 6.52. The highest BCUT2D eigenvalue weighted by molar-refractivity contribution is 7.92. The lowest BCUT2D eigenvalue weighted by Crippen LogP contribution is -2.27. The molecule has 0 saturated heterocycles. The molecule has 1 amide bonds. The van der Waals surface area contributed by atoms with Crippen molar-refractivity contribution in [2.45, 2.75) is 23.8 Å². The van der Waals surface area contributed by atoms with Crippen molar-refractivity contribution >= 4 is 21.6 Å². The van der Waals surface area contributed by atoms with E-state index in [4.69, 9.17) is 4.74 Å². The normalized spacial score (nSPS) is 14.0. The fourth-order valence-electron chi connectivity index (χ4n) is 2.22. The summed E-state index contributed by atoms with van der Waals surface area (Å²) in [5.74, 6) is 0.295. The van der Waals surface area contributed by atoms with Gasteiger partial charge in [0.1, 0.15) is 5.75 Å². The molecule has 1 saturated carbocycles. The molecule has 0 aliphatic heterocycles. The van der Waals surface area contributed by atoms with Gasteiger partial charge in [0.2, 0.25) is 0 Å². The van der Waals surface area contributed by atoms with E-state index in [0.29, 0.717) is 11.3 Å². The van der Waals surface area contributed by atoms with Gasteiger partial charge >= 0.3 is 0 Å². The number of carbonyl (C=O) groups is 1. The number of para-hydroxylation sites is 1. The molecule has 0 atom stereocenters. The van der Waals surface area contributed by atoms with Crippen molar-refractivity contribution in [1.82, 2.24) is 5.32 Å². The number of carbonyl (C=O) groups excluding carboxylic acids is 1. The number of hydrogen-bond donors (Lipinski definition) is 2. The van der Waals surface area contributed by atoms with Crippen molar-refractivity contribution < 1.29 is 17.9 Å². The van der Waals surface area contributed by atoms with Gasteiger partial charge in [0.15, 0.2) is 0 Å². The van der Waals surface area contributed by atoms with E-state index in [9.17, 15) is 13.2 Å². The first-order chi connectivity index (χ1) is 11.5. The number of nitrogens with one attached hydrogen (secondary N) is 2. The first kappa shape index (κ1) is 16.3. The Morgan fingerprint density at radius 2 is 1.75 bits per heavy atom. The monoisotopic (exact) mass is 346 g/mol. The van der Waals surface area contributed by atoms with Crippen LogP contribution in [-0.4, -0.2) is 27.5 Å². The minimum absolute atomic E-state index is 0.0979. The van der Waals surface area contributed by atoms with Gasteiger partial charge in [-0.25, -0.2) is 8.42 Å².